The van der Waals surface area contributed by atoms with E-state index in [-0.39, 0.29) is 12.7 Å². The van der Waals surface area contributed by atoms with Gasteiger partial charge in [-0.1, -0.05) is 12.1 Å². The van der Waals surface area contributed by atoms with E-state index in [0.717, 1.165) is 22.6 Å². The number of ether oxygens (including phenoxy) is 4. The lowest BCUT2D eigenvalue weighted by atomic mass is 10.1. The van der Waals surface area contributed by atoms with Gasteiger partial charge in [0.2, 0.25) is 12.7 Å². The molecule has 1 aliphatic rings. The van der Waals surface area contributed by atoms with Crippen LogP contribution in [0.3, 0.4) is 0 Å². The van der Waals surface area contributed by atoms with Gasteiger partial charge >= 0.3 is 0 Å². The second kappa shape index (κ2) is 8.29. The topological polar surface area (TPSA) is 66.0 Å². The number of amides is 1. The predicted molar refractivity (Wildman–Crippen MR) is 97.9 cm³/mol. The normalized spacial score (nSPS) is 12.2. The van der Waals surface area contributed by atoms with Crippen molar-refractivity contribution in [2.45, 2.75) is 6.42 Å². The van der Waals surface area contributed by atoms with Gasteiger partial charge in [0.05, 0.1) is 14.2 Å². The molecule has 0 bridgehead atoms. The first kappa shape index (κ1) is 17.7. The Bertz CT molecular complexity index is 816. The van der Waals surface area contributed by atoms with E-state index in [1.54, 1.807) is 26.4 Å². The Kier molecular flexibility index (Phi) is 5.63. The molecular formula is C20H21NO5. The van der Waals surface area contributed by atoms with Crippen molar-refractivity contribution in [3.05, 3.63) is 53.6 Å². The molecule has 3 rings (SSSR count). The molecule has 0 aliphatic carbocycles. The molecule has 0 radical (unpaired) electrons. The number of methoxy groups -OCH3 is 2. The lowest BCUT2D eigenvalue weighted by molar-refractivity contribution is -0.116. The van der Waals surface area contributed by atoms with Gasteiger partial charge in [-0.05, 0) is 47.9 Å². The van der Waals surface area contributed by atoms with Crippen LogP contribution in [0.2, 0.25) is 0 Å². The molecule has 2 aromatic carbocycles. The van der Waals surface area contributed by atoms with Crippen LogP contribution in [0.4, 0.5) is 0 Å². The minimum Gasteiger partial charge on any atom is -0.493 e. The van der Waals surface area contributed by atoms with Crippen molar-refractivity contribution < 1.29 is 23.7 Å². The summed E-state index contributed by atoms with van der Waals surface area (Å²) in [5.41, 5.74) is 1.94. The minimum absolute atomic E-state index is 0.152. The summed E-state index contributed by atoms with van der Waals surface area (Å²) >= 11 is 0. The van der Waals surface area contributed by atoms with E-state index in [2.05, 4.69) is 5.32 Å². The molecule has 1 amide bonds. The van der Waals surface area contributed by atoms with Crippen molar-refractivity contribution in [2.24, 2.45) is 0 Å². The van der Waals surface area contributed by atoms with E-state index in [1.165, 1.54) is 6.08 Å². The molecule has 0 unspecified atom stereocenters. The monoisotopic (exact) mass is 355 g/mol. The third-order valence-corrected chi connectivity index (χ3v) is 3.98. The molecule has 1 aliphatic heterocycles. The Morgan fingerprint density at radius 2 is 1.88 bits per heavy atom. The lowest BCUT2D eigenvalue weighted by Crippen LogP contribution is -2.23. The number of fused-ring (bicyclic) bond motifs is 1. The standard InChI is InChI=1S/C20H21NO5/c1-23-16-6-3-14(11-18(16)24-2)5-8-20(22)21-10-9-15-4-7-17-19(12-15)26-13-25-17/h3-8,11-12H,9-10,13H2,1-2H3,(H,21,22)/b8-5+. The first-order valence-corrected chi connectivity index (χ1v) is 8.26. The molecule has 0 fully saturated rings. The molecule has 26 heavy (non-hydrogen) atoms. The molecule has 1 heterocycles. The molecule has 1 N–H and O–H groups in total. The minimum atomic E-state index is -0.152. The van der Waals surface area contributed by atoms with Gasteiger partial charge in [0.1, 0.15) is 0 Å². The van der Waals surface area contributed by atoms with E-state index in [9.17, 15) is 4.79 Å². The van der Waals surface area contributed by atoms with E-state index in [4.69, 9.17) is 18.9 Å². The molecular weight excluding hydrogens is 334 g/mol. The van der Waals surface area contributed by atoms with Gasteiger partial charge in [-0.3, -0.25) is 4.79 Å². The highest BCUT2D eigenvalue weighted by Crippen LogP contribution is 2.32. The third kappa shape index (κ3) is 4.27. The Labute approximate surface area is 152 Å². The van der Waals surface area contributed by atoms with Crippen LogP contribution in [0.15, 0.2) is 42.5 Å². The Balaban J connectivity index is 1.50. The van der Waals surface area contributed by atoms with Gasteiger partial charge in [-0.2, -0.15) is 0 Å². The molecule has 0 saturated heterocycles. The van der Waals surface area contributed by atoms with Crippen LogP contribution in [0, 0.1) is 0 Å². The van der Waals surface area contributed by atoms with Crippen LogP contribution in [-0.2, 0) is 11.2 Å². The third-order valence-electron chi connectivity index (χ3n) is 3.98. The van der Waals surface area contributed by atoms with Crippen molar-refractivity contribution in [2.75, 3.05) is 27.6 Å². The number of carbonyl (C=O) groups excluding carboxylic acids is 1. The van der Waals surface area contributed by atoms with E-state index < -0.39 is 0 Å². The highest BCUT2D eigenvalue weighted by atomic mass is 16.7. The van der Waals surface area contributed by atoms with Gasteiger partial charge in [-0.25, -0.2) is 0 Å². The summed E-state index contributed by atoms with van der Waals surface area (Å²) < 4.78 is 21.1. The van der Waals surface area contributed by atoms with Crippen LogP contribution >= 0.6 is 0 Å². The second-order valence-electron chi connectivity index (χ2n) is 5.68. The zero-order valence-electron chi connectivity index (χ0n) is 14.8. The van der Waals surface area contributed by atoms with Gasteiger partial charge in [-0.15, -0.1) is 0 Å². The number of benzene rings is 2. The highest BCUT2D eigenvalue weighted by molar-refractivity contribution is 5.91. The molecule has 0 aromatic heterocycles. The molecule has 0 spiro atoms. The first-order valence-electron chi connectivity index (χ1n) is 8.26. The maximum Gasteiger partial charge on any atom is 0.244 e. The summed E-state index contributed by atoms with van der Waals surface area (Å²) in [6, 6.07) is 11.3. The second-order valence-corrected chi connectivity index (χ2v) is 5.68. The van der Waals surface area contributed by atoms with Gasteiger partial charge in [0, 0.05) is 12.6 Å². The molecule has 2 aromatic rings. The van der Waals surface area contributed by atoms with E-state index in [0.29, 0.717) is 24.5 Å². The summed E-state index contributed by atoms with van der Waals surface area (Å²) in [4.78, 5) is 12.0. The Hall–Kier alpha value is -3.15. The van der Waals surface area contributed by atoms with Gasteiger partial charge in [0.25, 0.3) is 0 Å². The largest absolute Gasteiger partial charge is 0.493 e. The SMILES string of the molecule is COc1ccc(/C=C/C(=O)NCCc2ccc3c(c2)OCO3)cc1OC. The fraction of sp³-hybridized carbons (Fsp3) is 0.250. The zero-order chi connectivity index (χ0) is 18.4. The van der Waals surface area contributed by atoms with Crippen molar-refractivity contribution in [1.82, 2.24) is 5.32 Å². The predicted octanol–water partition coefficient (Wildman–Crippen LogP) is 2.80. The van der Waals surface area contributed by atoms with Crippen LogP contribution in [0.1, 0.15) is 11.1 Å². The summed E-state index contributed by atoms with van der Waals surface area (Å²) in [5, 5.41) is 2.87. The number of carbonyl (C=O) groups is 1. The van der Waals surface area contributed by atoms with Gasteiger partial charge < -0.3 is 24.3 Å². The number of nitrogens with one attached hydrogen (secondary N) is 1. The Morgan fingerprint density at radius 3 is 2.69 bits per heavy atom. The average Bonchev–Trinajstić information content (AvgIpc) is 3.14. The lowest BCUT2D eigenvalue weighted by Gasteiger charge is -2.07. The maximum atomic E-state index is 12.0. The van der Waals surface area contributed by atoms with Crippen molar-refractivity contribution >= 4 is 12.0 Å². The van der Waals surface area contributed by atoms with Crippen LogP contribution in [-0.4, -0.2) is 33.5 Å². The maximum absolute atomic E-state index is 12.0. The molecule has 6 nitrogen and oxygen atoms in total. The van der Waals surface area contributed by atoms with E-state index >= 15 is 0 Å². The van der Waals surface area contributed by atoms with Crippen LogP contribution in [0.5, 0.6) is 23.0 Å². The molecule has 0 saturated carbocycles. The molecule has 0 atom stereocenters. The summed E-state index contributed by atoms with van der Waals surface area (Å²) in [5.74, 6) is 2.63. The highest BCUT2D eigenvalue weighted by Gasteiger charge is 2.12. The van der Waals surface area contributed by atoms with Crippen LogP contribution in [0.25, 0.3) is 6.08 Å². The van der Waals surface area contributed by atoms with Crippen LogP contribution < -0.4 is 24.3 Å². The van der Waals surface area contributed by atoms with Crippen molar-refractivity contribution in [1.29, 1.82) is 0 Å². The number of hydrogen-bond donors (Lipinski definition) is 1. The Morgan fingerprint density at radius 1 is 1.08 bits per heavy atom. The van der Waals surface area contributed by atoms with E-state index in [1.807, 2.05) is 30.3 Å². The number of rotatable bonds is 7. The summed E-state index contributed by atoms with van der Waals surface area (Å²) in [6.45, 7) is 0.797. The quantitative estimate of drug-likeness (QED) is 0.774. The van der Waals surface area contributed by atoms with Crippen molar-refractivity contribution in [3.63, 3.8) is 0 Å². The van der Waals surface area contributed by atoms with Gasteiger partial charge in [0.15, 0.2) is 23.0 Å². The number of hydrogen-bond acceptors (Lipinski definition) is 5. The molecule has 136 valence electrons. The first-order chi connectivity index (χ1) is 12.7. The fourth-order valence-corrected chi connectivity index (χ4v) is 2.61. The summed E-state index contributed by atoms with van der Waals surface area (Å²) in [6.07, 6.45) is 3.95. The van der Waals surface area contributed by atoms with Crippen molar-refractivity contribution in [3.8, 4) is 23.0 Å². The average molecular weight is 355 g/mol. The smallest absolute Gasteiger partial charge is 0.244 e. The fourth-order valence-electron chi connectivity index (χ4n) is 2.61. The zero-order valence-corrected chi connectivity index (χ0v) is 14.8. The summed E-state index contributed by atoms with van der Waals surface area (Å²) in [7, 11) is 3.16. The molecule has 6 heteroatoms.